The highest BCUT2D eigenvalue weighted by molar-refractivity contribution is 6.29. The van der Waals surface area contributed by atoms with E-state index < -0.39 is 11.7 Å². The molecule has 0 atom stereocenters. The molecule has 0 saturated carbocycles. The molecule has 0 saturated heterocycles. The minimum atomic E-state index is -0.431. The maximum Gasteiger partial charge on any atom is 0.239 e. The van der Waals surface area contributed by atoms with Crippen molar-refractivity contribution < 1.29 is 9.18 Å². The number of carbonyl (C=O) groups is 1. The van der Waals surface area contributed by atoms with Crippen molar-refractivity contribution >= 4 is 23.2 Å². The number of hydrogen-bond acceptors (Lipinski definition) is 1. The third-order valence-corrected chi connectivity index (χ3v) is 2.30. The second kappa shape index (κ2) is 5.12. The van der Waals surface area contributed by atoms with Gasteiger partial charge in [-0.3, -0.25) is 4.79 Å². The van der Waals surface area contributed by atoms with Gasteiger partial charge >= 0.3 is 0 Å². The van der Waals surface area contributed by atoms with Crippen molar-refractivity contribution in [3.63, 3.8) is 0 Å². The smallest absolute Gasteiger partial charge is 0.239 e. The van der Waals surface area contributed by atoms with Gasteiger partial charge in [-0.15, -0.1) is 11.6 Å². The van der Waals surface area contributed by atoms with Gasteiger partial charge < -0.3 is 5.32 Å². The second-order valence-corrected chi connectivity index (χ2v) is 3.84. The quantitative estimate of drug-likeness (QED) is 0.793. The molecule has 0 aliphatic carbocycles. The Bertz CT molecular complexity index is 366. The fourth-order valence-electron chi connectivity index (χ4n) is 1.18. The highest BCUT2D eigenvalue weighted by Gasteiger charge is 2.08. The van der Waals surface area contributed by atoms with Crippen molar-refractivity contribution in [3.8, 4) is 0 Å². The molecule has 0 bridgehead atoms. The summed E-state index contributed by atoms with van der Waals surface area (Å²) in [6, 6.07) is 4.77. The van der Waals surface area contributed by atoms with Gasteiger partial charge in [-0.25, -0.2) is 4.39 Å². The molecule has 4 heteroatoms. The zero-order valence-electron chi connectivity index (χ0n) is 8.68. The lowest BCUT2D eigenvalue weighted by Gasteiger charge is -2.09. The van der Waals surface area contributed by atoms with Crippen molar-refractivity contribution in [2.24, 2.45) is 0 Å². The summed E-state index contributed by atoms with van der Waals surface area (Å²) in [5.41, 5.74) is 1.07. The maximum absolute atomic E-state index is 13.4. The van der Waals surface area contributed by atoms with Crippen LogP contribution in [-0.2, 0) is 4.79 Å². The summed E-state index contributed by atoms with van der Waals surface area (Å²) in [6.45, 7) is 3.96. The standard InChI is InChI=1S/C11H13ClFNO/c1-7(2)8-3-4-10(9(13)5-8)14-11(15)6-12/h3-5,7H,6H2,1-2H3,(H,14,15). The van der Waals surface area contributed by atoms with Crippen molar-refractivity contribution in [2.75, 3.05) is 11.2 Å². The number of benzene rings is 1. The molecule has 1 aromatic rings. The number of anilines is 1. The predicted molar refractivity (Wildman–Crippen MR) is 59.8 cm³/mol. The Labute approximate surface area is 93.4 Å². The van der Waals surface area contributed by atoms with Crippen molar-refractivity contribution in [2.45, 2.75) is 19.8 Å². The van der Waals surface area contributed by atoms with Gasteiger partial charge in [0.2, 0.25) is 5.91 Å². The van der Waals surface area contributed by atoms with Crippen LogP contribution >= 0.6 is 11.6 Å². The van der Waals surface area contributed by atoms with Gasteiger partial charge in [0, 0.05) is 0 Å². The number of halogens is 2. The van der Waals surface area contributed by atoms with Gasteiger partial charge in [-0.2, -0.15) is 0 Å². The van der Waals surface area contributed by atoms with Crippen LogP contribution in [0.4, 0.5) is 10.1 Å². The number of rotatable bonds is 3. The first kappa shape index (κ1) is 12.0. The zero-order chi connectivity index (χ0) is 11.4. The van der Waals surface area contributed by atoms with Crippen LogP contribution in [-0.4, -0.2) is 11.8 Å². The summed E-state index contributed by atoms with van der Waals surface area (Å²) < 4.78 is 13.4. The maximum atomic E-state index is 13.4. The molecule has 0 aromatic heterocycles. The summed E-state index contributed by atoms with van der Waals surface area (Å²) in [5.74, 6) is -0.754. The monoisotopic (exact) mass is 229 g/mol. The topological polar surface area (TPSA) is 29.1 Å². The van der Waals surface area contributed by atoms with E-state index in [0.29, 0.717) is 0 Å². The lowest BCUT2D eigenvalue weighted by molar-refractivity contribution is -0.113. The normalized spacial score (nSPS) is 10.5. The van der Waals surface area contributed by atoms with Crippen LogP contribution in [0, 0.1) is 5.82 Å². The van der Waals surface area contributed by atoms with E-state index >= 15 is 0 Å². The number of nitrogens with one attached hydrogen (secondary N) is 1. The van der Waals surface area contributed by atoms with Gasteiger partial charge in [0.05, 0.1) is 5.69 Å². The van der Waals surface area contributed by atoms with Gasteiger partial charge in [0.15, 0.2) is 0 Å². The van der Waals surface area contributed by atoms with Crippen LogP contribution in [0.5, 0.6) is 0 Å². The van der Waals surface area contributed by atoms with E-state index in [4.69, 9.17) is 11.6 Å². The van der Waals surface area contributed by atoms with E-state index in [1.807, 2.05) is 13.8 Å². The third-order valence-electron chi connectivity index (χ3n) is 2.06. The fraction of sp³-hybridized carbons (Fsp3) is 0.364. The molecule has 1 rings (SSSR count). The second-order valence-electron chi connectivity index (χ2n) is 3.58. The van der Waals surface area contributed by atoms with Crippen molar-refractivity contribution in [1.29, 1.82) is 0 Å². The minimum absolute atomic E-state index is 0.171. The van der Waals surface area contributed by atoms with Crippen LogP contribution in [0.15, 0.2) is 18.2 Å². The summed E-state index contributed by atoms with van der Waals surface area (Å²) in [4.78, 5) is 10.9. The SMILES string of the molecule is CC(C)c1ccc(NC(=O)CCl)c(F)c1. The van der Waals surface area contributed by atoms with Crippen LogP contribution < -0.4 is 5.32 Å². The molecule has 15 heavy (non-hydrogen) atoms. The zero-order valence-corrected chi connectivity index (χ0v) is 9.44. The summed E-state index contributed by atoms with van der Waals surface area (Å²) >= 11 is 5.30. The number of carbonyl (C=O) groups excluding carboxylic acids is 1. The van der Waals surface area contributed by atoms with E-state index in [-0.39, 0.29) is 17.5 Å². The Hall–Kier alpha value is -1.09. The Kier molecular flexibility index (Phi) is 4.09. The molecule has 0 spiro atoms. The van der Waals surface area contributed by atoms with E-state index in [9.17, 15) is 9.18 Å². The average Bonchev–Trinajstić information content (AvgIpc) is 2.20. The van der Waals surface area contributed by atoms with E-state index in [1.54, 1.807) is 12.1 Å². The number of hydrogen-bond donors (Lipinski definition) is 1. The van der Waals surface area contributed by atoms with E-state index in [2.05, 4.69) is 5.32 Å². The molecule has 0 aliphatic rings. The summed E-state index contributed by atoms with van der Waals surface area (Å²) in [6.07, 6.45) is 0. The van der Waals surface area contributed by atoms with Crippen molar-refractivity contribution in [3.05, 3.63) is 29.6 Å². The average molecular weight is 230 g/mol. The number of amides is 1. The largest absolute Gasteiger partial charge is 0.323 e. The molecule has 2 nitrogen and oxygen atoms in total. The molecule has 0 unspecified atom stereocenters. The first-order valence-electron chi connectivity index (χ1n) is 4.70. The molecule has 0 heterocycles. The molecule has 1 amide bonds. The highest BCUT2D eigenvalue weighted by Crippen LogP contribution is 2.21. The lowest BCUT2D eigenvalue weighted by Crippen LogP contribution is -2.13. The van der Waals surface area contributed by atoms with Crippen LogP contribution in [0.25, 0.3) is 0 Å². The van der Waals surface area contributed by atoms with Gasteiger partial charge in [-0.05, 0) is 23.6 Å². The van der Waals surface area contributed by atoms with Crippen molar-refractivity contribution in [1.82, 2.24) is 0 Å². The van der Waals surface area contributed by atoms with Gasteiger partial charge in [-0.1, -0.05) is 19.9 Å². The summed E-state index contributed by atoms with van der Waals surface area (Å²) in [5, 5.41) is 2.38. The van der Waals surface area contributed by atoms with Gasteiger partial charge in [0.1, 0.15) is 11.7 Å². The number of alkyl halides is 1. The molecular weight excluding hydrogens is 217 g/mol. The minimum Gasteiger partial charge on any atom is -0.323 e. The predicted octanol–water partition coefficient (Wildman–Crippen LogP) is 3.13. The lowest BCUT2D eigenvalue weighted by atomic mass is 10.0. The molecule has 0 fully saturated rings. The Balaban J connectivity index is 2.88. The molecular formula is C11H13ClFNO. The highest BCUT2D eigenvalue weighted by atomic mass is 35.5. The van der Waals surface area contributed by atoms with Crippen LogP contribution in [0.1, 0.15) is 25.3 Å². The first-order valence-corrected chi connectivity index (χ1v) is 5.23. The Morgan fingerprint density at radius 3 is 2.67 bits per heavy atom. The molecule has 82 valence electrons. The Morgan fingerprint density at radius 1 is 1.53 bits per heavy atom. The third kappa shape index (κ3) is 3.20. The first-order chi connectivity index (χ1) is 7.04. The van der Waals surface area contributed by atoms with Crippen LogP contribution in [0.3, 0.4) is 0 Å². The molecule has 1 N–H and O–H groups in total. The van der Waals surface area contributed by atoms with Crippen LogP contribution in [0.2, 0.25) is 0 Å². The van der Waals surface area contributed by atoms with Gasteiger partial charge in [0.25, 0.3) is 0 Å². The van der Waals surface area contributed by atoms with E-state index in [1.165, 1.54) is 6.07 Å². The van der Waals surface area contributed by atoms with E-state index in [0.717, 1.165) is 5.56 Å². The fourth-order valence-corrected chi connectivity index (χ4v) is 1.24. The molecule has 0 radical (unpaired) electrons. The Morgan fingerprint density at radius 2 is 2.20 bits per heavy atom. The summed E-state index contributed by atoms with van der Waals surface area (Å²) in [7, 11) is 0. The molecule has 1 aromatic carbocycles. The molecule has 0 aliphatic heterocycles.